The number of rotatable bonds is 2. The van der Waals surface area contributed by atoms with Gasteiger partial charge in [0.2, 0.25) is 0 Å². The Kier molecular flexibility index (Phi) is 1.96. The minimum absolute atomic E-state index is 0.791. The summed E-state index contributed by atoms with van der Waals surface area (Å²) >= 11 is 0. The first kappa shape index (κ1) is 5.95. The minimum Gasteiger partial charge on any atom is -0.234 e. The molecule has 0 spiro atoms. The largest absolute Gasteiger partial charge is 0.234 e. The molecule has 0 fully saturated rings. The van der Waals surface area contributed by atoms with E-state index in [4.69, 9.17) is 0 Å². The Morgan fingerprint density at radius 1 is 1.78 bits per heavy atom. The van der Waals surface area contributed by atoms with Gasteiger partial charge in [-0.2, -0.15) is 0 Å². The molecule has 0 unspecified atom stereocenters. The number of aromatic nitrogens is 2. The van der Waals surface area contributed by atoms with Crippen LogP contribution in [0, 0.1) is 6.33 Å². The fourth-order valence-corrected chi connectivity index (χ4v) is 0.549. The second kappa shape index (κ2) is 2.97. The quantitative estimate of drug-likeness (QED) is 0.543. The maximum atomic E-state index is 3.86. The third-order valence-electron chi connectivity index (χ3n) is 0.946. The van der Waals surface area contributed by atoms with Crippen molar-refractivity contribution in [3.63, 3.8) is 0 Å². The standard InChI is InChI=1S/C7H7N2/c1-2-3-7-4-5-8-6-9-7/h2,4-5H,1,3H2. The van der Waals surface area contributed by atoms with Gasteiger partial charge >= 0.3 is 0 Å². The molecule has 0 bridgehead atoms. The fourth-order valence-electron chi connectivity index (χ4n) is 0.549. The van der Waals surface area contributed by atoms with Crippen LogP contribution in [0.3, 0.4) is 0 Å². The molecule has 0 saturated carbocycles. The summed E-state index contributed by atoms with van der Waals surface area (Å²) in [5, 5.41) is 0. The van der Waals surface area contributed by atoms with Crippen LogP contribution in [0.2, 0.25) is 0 Å². The average Bonchev–Trinajstić information content (AvgIpc) is 1.91. The molecule has 1 heterocycles. The van der Waals surface area contributed by atoms with Crippen LogP contribution >= 0.6 is 0 Å². The highest BCUT2D eigenvalue weighted by Crippen LogP contribution is 1.90. The highest BCUT2D eigenvalue weighted by atomic mass is 14.8. The third-order valence-corrected chi connectivity index (χ3v) is 0.946. The van der Waals surface area contributed by atoms with Gasteiger partial charge in [0, 0.05) is 18.3 Å². The van der Waals surface area contributed by atoms with E-state index in [0.717, 1.165) is 12.1 Å². The summed E-state index contributed by atoms with van der Waals surface area (Å²) in [6, 6.07) is 1.85. The molecule has 9 heavy (non-hydrogen) atoms. The Bertz CT molecular complexity index is 181. The van der Waals surface area contributed by atoms with Crippen LogP contribution in [0.4, 0.5) is 0 Å². The molecule has 0 aromatic carbocycles. The summed E-state index contributed by atoms with van der Waals surface area (Å²) < 4.78 is 0. The smallest absolute Gasteiger partial charge is 0.197 e. The topological polar surface area (TPSA) is 25.8 Å². The Labute approximate surface area is 54.3 Å². The summed E-state index contributed by atoms with van der Waals surface area (Å²) in [5.41, 5.74) is 0.958. The lowest BCUT2D eigenvalue weighted by Crippen LogP contribution is -1.86. The van der Waals surface area contributed by atoms with Gasteiger partial charge < -0.3 is 0 Å². The predicted octanol–water partition coefficient (Wildman–Crippen LogP) is 1.01. The molecule has 0 atom stereocenters. The molecule has 1 aromatic heterocycles. The maximum absolute atomic E-state index is 3.86. The summed E-state index contributed by atoms with van der Waals surface area (Å²) in [6.07, 6.45) is 6.76. The molecule has 0 aliphatic rings. The van der Waals surface area contributed by atoms with Gasteiger partial charge in [-0.25, -0.2) is 9.97 Å². The predicted molar refractivity (Wildman–Crippen MR) is 34.8 cm³/mol. The van der Waals surface area contributed by atoms with Crippen molar-refractivity contribution in [2.45, 2.75) is 6.42 Å². The normalized spacial score (nSPS) is 8.89. The molecule has 2 heteroatoms. The zero-order valence-corrected chi connectivity index (χ0v) is 5.04. The zero-order chi connectivity index (χ0) is 6.53. The molecule has 1 radical (unpaired) electrons. The van der Waals surface area contributed by atoms with Crippen LogP contribution in [0.15, 0.2) is 24.9 Å². The van der Waals surface area contributed by atoms with E-state index < -0.39 is 0 Å². The Morgan fingerprint density at radius 3 is 3.22 bits per heavy atom. The number of allylic oxidation sites excluding steroid dienone is 1. The van der Waals surface area contributed by atoms with Gasteiger partial charge in [0.25, 0.3) is 0 Å². The molecule has 1 aromatic rings. The van der Waals surface area contributed by atoms with E-state index >= 15 is 0 Å². The van der Waals surface area contributed by atoms with Crippen LogP contribution in [0.5, 0.6) is 0 Å². The Hall–Kier alpha value is -1.18. The maximum Gasteiger partial charge on any atom is 0.197 e. The summed E-state index contributed by atoms with van der Waals surface area (Å²) in [6.45, 7) is 3.58. The van der Waals surface area contributed by atoms with Crippen molar-refractivity contribution in [3.05, 3.63) is 36.9 Å². The first-order chi connectivity index (χ1) is 4.43. The van der Waals surface area contributed by atoms with Crippen molar-refractivity contribution in [1.82, 2.24) is 9.97 Å². The van der Waals surface area contributed by atoms with Crippen molar-refractivity contribution in [2.24, 2.45) is 0 Å². The second-order valence-corrected chi connectivity index (χ2v) is 1.64. The minimum atomic E-state index is 0.791. The van der Waals surface area contributed by atoms with Crippen LogP contribution in [0.25, 0.3) is 0 Å². The van der Waals surface area contributed by atoms with Gasteiger partial charge in [0.15, 0.2) is 6.33 Å². The molecule has 0 aliphatic heterocycles. The first-order valence-electron chi connectivity index (χ1n) is 2.72. The van der Waals surface area contributed by atoms with E-state index in [1.165, 1.54) is 0 Å². The van der Waals surface area contributed by atoms with Gasteiger partial charge in [-0.3, -0.25) is 0 Å². The molecule has 0 N–H and O–H groups in total. The van der Waals surface area contributed by atoms with Crippen molar-refractivity contribution in [3.8, 4) is 0 Å². The second-order valence-electron chi connectivity index (χ2n) is 1.64. The monoisotopic (exact) mass is 119 g/mol. The zero-order valence-electron chi connectivity index (χ0n) is 5.04. The van der Waals surface area contributed by atoms with Crippen molar-refractivity contribution < 1.29 is 0 Å². The SMILES string of the molecule is C=CCc1ccn[c]n1. The van der Waals surface area contributed by atoms with Crippen molar-refractivity contribution >= 4 is 0 Å². The number of hydrogen-bond donors (Lipinski definition) is 0. The summed E-state index contributed by atoms with van der Waals surface area (Å²) in [5.74, 6) is 0. The lowest BCUT2D eigenvalue weighted by atomic mass is 10.3. The fraction of sp³-hybridized carbons (Fsp3) is 0.143. The van der Waals surface area contributed by atoms with E-state index in [1.54, 1.807) is 12.3 Å². The van der Waals surface area contributed by atoms with E-state index in [2.05, 4.69) is 22.9 Å². The Balaban J connectivity index is 2.72. The lowest BCUT2D eigenvalue weighted by molar-refractivity contribution is 1.04. The van der Waals surface area contributed by atoms with E-state index in [-0.39, 0.29) is 0 Å². The highest BCUT2D eigenvalue weighted by molar-refractivity contribution is 5.01. The molecular weight excluding hydrogens is 112 g/mol. The Morgan fingerprint density at radius 2 is 2.67 bits per heavy atom. The van der Waals surface area contributed by atoms with Crippen LogP contribution < -0.4 is 0 Å². The van der Waals surface area contributed by atoms with Crippen LogP contribution in [0.1, 0.15) is 5.69 Å². The van der Waals surface area contributed by atoms with Crippen molar-refractivity contribution in [1.29, 1.82) is 0 Å². The van der Waals surface area contributed by atoms with Gasteiger partial charge in [0.05, 0.1) is 0 Å². The van der Waals surface area contributed by atoms with E-state index in [9.17, 15) is 0 Å². The molecular formula is C7H7N2. The van der Waals surface area contributed by atoms with Crippen LogP contribution in [-0.4, -0.2) is 9.97 Å². The first-order valence-corrected chi connectivity index (χ1v) is 2.72. The molecule has 2 nitrogen and oxygen atoms in total. The highest BCUT2D eigenvalue weighted by Gasteiger charge is 1.85. The number of hydrogen-bond acceptors (Lipinski definition) is 2. The summed E-state index contributed by atoms with van der Waals surface area (Å²) in [4.78, 5) is 7.52. The number of nitrogens with zero attached hydrogens (tertiary/aromatic N) is 2. The summed E-state index contributed by atoms with van der Waals surface area (Å²) in [7, 11) is 0. The molecule has 0 amide bonds. The van der Waals surface area contributed by atoms with Gasteiger partial charge in [-0.15, -0.1) is 6.58 Å². The molecule has 0 aliphatic carbocycles. The van der Waals surface area contributed by atoms with Crippen LogP contribution in [-0.2, 0) is 6.42 Å². The third kappa shape index (κ3) is 1.64. The molecule has 45 valence electrons. The van der Waals surface area contributed by atoms with Gasteiger partial charge in [0.1, 0.15) is 0 Å². The average molecular weight is 119 g/mol. The molecule has 0 saturated heterocycles. The lowest BCUT2D eigenvalue weighted by Gasteiger charge is -1.88. The van der Waals surface area contributed by atoms with Gasteiger partial charge in [-0.05, 0) is 6.07 Å². The van der Waals surface area contributed by atoms with Gasteiger partial charge in [-0.1, -0.05) is 6.08 Å². The van der Waals surface area contributed by atoms with E-state index in [0.29, 0.717) is 0 Å². The molecule has 1 rings (SSSR count). The van der Waals surface area contributed by atoms with Crippen molar-refractivity contribution in [2.75, 3.05) is 0 Å². The van der Waals surface area contributed by atoms with E-state index in [1.807, 2.05) is 6.07 Å².